The maximum absolute atomic E-state index is 12.3. The van der Waals surface area contributed by atoms with E-state index in [0.717, 1.165) is 16.8 Å². The third-order valence-corrected chi connectivity index (χ3v) is 3.25. The Morgan fingerprint density at radius 1 is 1.15 bits per heavy atom. The molecule has 0 unspecified atom stereocenters. The van der Waals surface area contributed by atoms with E-state index in [1.165, 1.54) is 0 Å². The first-order chi connectivity index (χ1) is 9.78. The first-order valence-electron chi connectivity index (χ1n) is 6.35. The molecule has 0 saturated carbocycles. The van der Waals surface area contributed by atoms with Crippen molar-refractivity contribution in [3.8, 4) is 5.75 Å². The van der Waals surface area contributed by atoms with Crippen LogP contribution in [-0.2, 0) is 6.54 Å². The van der Waals surface area contributed by atoms with Crippen molar-refractivity contribution in [2.24, 2.45) is 0 Å². The standard InChI is InChI=1S/C16H14N2O2/c1-20-13-8-6-12(7-9-13)16(19)10-18-11-17-14-4-2-3-5-15(14)18/h2-9,11H,10H2,1H3. The zero-order valence-corrected chi connectivity index (χ0v) is 11.1. The molecule has 0 fully saturated rings. The molecule has 4 heteroatoms. The summed E-state index contributed by atoms with van der Waals surface area (Å²) in [6.07, 6.45) is 1.70. The highest BCUT2D eigenvalue weighted by Gasteiger charge is 2.09. The SMILES string of the molecule is COc1ccc(C(=O)Cn2cnc3ccccc32)cc1. The molecule has 4 nitrogen and oxygen atoms in total. The Morgan fingerprint density at radius 3 is 2.65 bits per heavy atom. The Bertz CT molecular complexity index is 745. The number of Topliss-reactive ketones (excluding diaryl/α,β-unsaturated/α-hetero) is 1. The van der Waals surface area contributed by atoms with Gasteiger partial charge in [-0.05, 0) is 36.4 Å². The van der Waals surface area contributed by atoms with Gasteiger partial charge in [-0.15, -0.1) is 0 Å². The number of hydrogen-bond acceptors (Lipinski definition) is 3. The summed E-state index contributed by atoms with van der Waals surface area (Å²) in [7, 11) is 1.61. The Kier molecular flexibility index (Phi) is 3.21. The van der Waals surface area contributed by atoms with Gasteiger partial charge in [0.15, 0.2) is 5.78 Å². The second-order valence-corrected chi connectivity index (χ2v) is 4.51. The normalized spacial score (nSPS) is 10.7. The molecule has 100 valence electrons. The van der Waals surface area contributed by atoms with Crippen molar-refractivity contribution >= 4 is 16.8 Å². The van der Waals surface area contributed by atoms with E-state index in [1.54, 1.807) is 37.7 Å². The molecular weight excluding hydrogens is 252 g/mol. The number of imidazole rings is 1. The summed E-state index contributed by atoms with van der Waals surface area (Å²) in [5.74, 6) is 0.797. The van der Waals surface area contributed by atoms with Gasteiger partial charge < -0.3 is 9.30 Å². The number of rotatable bonds is 4. The first kappa shape index (κ1) is 12.4. The molecule has 1 heterocycles. The van der Waals surface area contributed by atoms with E-state index in [1.807, 2.05) is 28.8 Å². The van der Waals surface area contributed by atoms with Crippen LogP contribution in [-0.4, -0.2) is 22.4 Å². The Labute approximate surface area is 116 Å². The molecule has 1 aromatic heterocycles. The van der Waals surface area contributed by atoms with Crippen LogP contribution >= 0.6 is 0 Å². The number of ether oxygens (including phenoxy) is 1. The number of benzene rings is 2. The second-order valence-electron chi connectivity index (χ2n) is 4.51. The van der Waals surface area contributed by atoms with E-state index in [-0.39, 0.29) is 12.3 Å². The molecule has 3 aromatic rings. The molecule has 20 heavy (non-hydrogen) atoms. The van der Waals surface area contributed by atoms with Crippen LogP contribution < -0.4 is 4.74 Å². The number of methoxy groups -OCH3 is 1. The van der Waals surface area contributed by atoms with Gasteiger partial charge in [0.1, 0.15) is 5.75 Å². The van der Waals surface area contributed by atoms with E-state index in [9.17, 15) is 4.79 Å². The van der Waals surface area contributed by atoms with Crippen LogP contribution in [0.4, 0.5) is 0 Å². The highest BCUT2D eigenvalue weighted by molar-refractivity contribution is 5.96. The molecule has 0 radical (unpaired) electrons. The van der Waals surface area contributed by atoms with Crippen molar-refractivity contribution in [2.75, 3.05) is 7.11 Å². The van der Waals surface area contributed by atoms with Gasteiger partial charge in [0, 0.05) is 5.56 Å². The average Bonchev–Trinajstić information content (AvgIpc) is 2.91. The lowest BCUT2D eigenvalue weighted by molar-refractivity contribution is 0.0973. The zero-order valence-electron chi connectivity index (χ0n) is 11.1. The van der Waals surface area contributed by atoms with Crippen molar-refractivity contribution < 1.29 is 9.53 Å². The molecule has 0 amide bonds. The molecule has 0 aliphatic rings. The summed E-state index contributed by atoms with van der Waals surface area (Å²) in [6, 6.07) is 14.9. The molecule has 0 bridgehead atoms. The summed E-state index contributed by atoms with van der Waals surface area (Å²) < 4.78 is 6.95. The molecule has 0 aliphatic heterocycles. The first-order valence-corrected chi connectivity index (χ1v) is 6.35. The van der Waals surface area contributed by atoms with Gasteiger partial charge in [-0.2, -0.15) is 0 Å². The number of para-hydroxylation sites is 2. The fraction of sp³-hybridized carbons (Fsp3) is 0.125. The lowest BCUT2D eigenvalue weighted by Gasteiger charge is -2.05. The monoisotopic (exact) mass is 266 g/mol. The predicted octanol–water partition coefficient (Wildman–Crippen LogP) is 2.93. The number of hydrogen-bond donors (Lipinski definition) is 0. The van der Waals surface area contributed by atoms with Gasteiger partial charge in [-0.3, -0.25) is 4.79 Å². The largest absolute Gasteiger partial charge is 0.497 e. The third-order valence-electron chi connectivity index (χ3n) is 3.25. The highest BCUT2D eigenvalue weighted by Crippen LogP contribution is 2.15. The summed E-state index contributed by atoms with van der Waals surface area (Å²) >= 11 is 0. The molecule has 0 atom stereocenters. The topological polar surface area (TPSA) is 44.1 Å². The van der Waals surface area contributed by atoms with Gasteiger partial charge >= 0.3 is 0 Å². The van der Waals surface area contributed by atoms with Crippen LogP contribution in [0.15, 0.2) is 54.9 Å². The van der Waals surface area contributed by atoms with Crippen LogP contribution in [0.5, 0.6) is 5.75 Å². The van der Waals surface area contributed by atoms with Gasteiger partial charge in [0.25, 0.3) is 0 Å². The molecule has 0 saturated heterocycles. The lowest BCUT2D eigenvalue weighted by atomic mass is 10.1. The zero-order chi connectivity index (χ0) is 13.9. The minimum Gasteiger partial charge on any atom is -0.497 e. The van der Waals surface area contributed by atoms with E-state index in [4.69, 9.17) is 4.74 Å². The molecule has 2 aromatic carbocycles. The summed E-state index contributed by atoms with van der Waals surface area (Å²) in [6.45, 7) is 0.285. The van der Waals surface area contributed by atoms with E-state index < -0.39 is 0 Å². The van der Waals surface area contributed by atoms with Crippen LogP contribution in [0.2, 0.25) is 0 Å². The van der Waals surface area contributed by atoms with Crippen LogP contribution in [0.25, 0.3) is 11.0 Å². The van der Waals surface area contributed by atoms with E-state index >= 15 is 0 Å². The Balaban J connectivity index is 1.84. The molecule has 0 N–H and O–H groups in total. The number of fused-ring (bicyclic) bond motifs is 1. The summed E-state index contributed by atoms with van der Waals surface area (Å²) in [4.78, 5) is 16.5. The minimum atomic E-state index is 0.0517. The average molecular weight is 266 g/mol. The molecule has 3 rings (SSSR count). The van der Waals surface area contributed by atoms with Gasteiger partial charge in [-0.1, -0.05) is 12.1 Å². The maximum atomic E-state index is 12.3. The van der Waals surface area contributed by atoms with Crippen molar-refractivity contribution in [1.29, 1.82) is 0 Å². The fourth-order valence-corrected chi connectivity index (χ4v) is 2.16. The van der Waals surface area contributed by atoms with E-state index in [0.29, 0.717) is 5.56 Å². The van der Waals surface area contributed by atoms with Gasteiger partial charge in [0.2, 0.25) is 0 Å². The molecular formula is C16H14N2O2. The molecule has 0 aliphatic carbocycles. The van der Waals surface area contributed by atoms with Gasteiger partial charge in [0.05, 0.1) is 31.0 Å². The number of nitrogens with zero attached hydrogens (tertiary/aromatic N) is 2. The Morgan fingerprint density at radius 2 is 1.90 bits per heavy atom. The number of ketones is 1. The lowest BCUT2D eigenvalue weighted by Crippen LogP contribution is -2.09. The van der Waals surface area contributed by atoms with Gasteiger partial charge in [-0.25, -0.2) is 4.98 Å². The van der Waals surface area contributed by atoms with Crippen LogP contribution in [0, 0.1) is 0 Å². The number of carbonyl (C=O) groups excluding carboxylic acids is 1. The smallest absolute Gasteiger partial charge is 0.182 e. The number of aromatic nitrogens is 2. The highest BCUT2D eigenvalue weighted by atomic mass is 16.5. The van der Waals surface area contributed by atoms with Crippen molar-refractivity contribution in [3.63, 3.8) is 0 Å². The molecule has 0 spiro atoms. The number of carbonyl (C=O) groups is 1. The van der Waals surface area contributed by atoms with Crippen LogP contribution in [0.1, 0.15) is 10.4 Å². The van der Waals surface area contributed by atoms with Crippen molar-refractivity contribution in [2.45, 2.75) is 6.54 Å². The quantitative estimate of drug-likeness (QED) is 0.682. The summed E-state index contributed by atoms with van der Waals surface area (Å²) in [5.41, 5.74) is 2.54. The minimum absolute atomic E-state index is 0.0517. The van der Waals surface area contributed by atoms with Crippen LogP contribution in [0.3, 0.4) is 0 Å². The summed E-state index contributed by atoms with van der Waals surface area (Å²) in [5, 5.41) is 0. The van der Waals surface area contributed by atoms with E-state index in [2.05, 4.69) is 4.98 Å². The van der Waals surface area contributed by atoms with Crippen molar-refractivity contribution in [3.05, 3.63) is 60.4 Å². The maximum Gasteiger partial charge on any atom is 0.182 e. The fourth-order valence-electron chi connectivity index (χ4n) is 2.16. The second kappa shape index (κ2) is 5.17. The Hall–Kier alpha value is -2.62. The van der Waals surface area contributed by atoms with Crippen molar-refractivity contribution in [1.82, 2.24) is 9.55 Å². The predicted molar refractivity (Wildman–Crippen MR) is 77.1 cm³/mol. The third kappa shape index (κ3) is 2.28.